The molecule has 100 valence electrons. The first-order valence-electron chi connectivity index (χ1n) is 6.02. The highest BCUT2D eigenvalue weighted by Crippen LogP contribution is 2.32. The van der Waals surface area contributed by atoms with Crippen LogP contribution in [0.3, 0.4) is 0 Å². The SMILES string of the molecule is CNS(=O)(=O)c1ccc(N)c(NC2CC(C)C2)c1. The maximum absolute atomic E-state index is 11.7. The molecule has 0 amide bonds. The van der Waals surface area contributed by atoms with Gasteiger partial charge in [0.05, 0.1) is 16.3 Å². The lowest BCUT2D eigenvalue weighted by Crippen LogP contribution is -2.34. The molecule has 18 heavy (non-hydrogen) atoms. The lowest BCUT2D eigenvalue weighted by molar-refractivity contribution is 0.309. The number of hydrogen-bond acceptors (Lipinski definition) is 4. The molecular weight excluding hydrogens is 250 g/mol. The number of hydrogen-bond donors (Lipinski definition) is 3. The summed E-state index contributed by atoms with van der Waals surface area (Å²) in [6, 6.07) is 5.11. The fourth-order valence-electron chi connectivity index (χ4n) is 2.19. The van der Waals surface area contributed by atoms with Gasteiger partial charge in [-0.2, -0.15) is 0 Å². The summed E-state index contributed by atoms with van der Waals surface area (Å²) in [5.41, 5.74) is 7.13. The second-order valence-corrected chi connectivity index (χ2v) is 6.76. The van der Waals surface area contributed by atoms with Crippen molar-refractivity contribution in [1.29, 1.82) is 0 Å². The number of nitrogens with two attached hydrogens (primary N) is 1. The number of rotatable bonds is 4. The third kappa shape index (κ3) is 2.59. The number of nitrogen functional groups attached to an aromatic ring is 1. The van der Waals surface area contributed by atoms with E-state index in [1.54, 1.807) is 12.1 Å². The van der Waals surface area contributed by atoms with Crippen LogP contribution in [0.5, 0.6) is 0 Å². The molecule has 0 aromatic heterocycles. The Kier molecular flexibility index (Phi) is 3.49. The van der Waals surface area contributed by atoms with E-state index in [0.29, 0.717) is 17.4 Å². The van der Waals surface area contributed by atoms with Crippen LogP contribution in [-0.4, -0.2) is 21.5 Å². The van der Waals surface area contributed by atoms with Gasteiger partial charge in [0.25, 0.3) is 0 Å². The monoisotopic (exact) mass is 269 g/mol. The molecule has 1 aromatic rings. The van der Waals surface area contributed by atoms with Gasteiger partial charge in [0, 0.05) is 6.04 Å². The standard InChI is InChI=1S/C12H19N3O2S/c1-8-5-9(6-8)15-12-7-10(3-4-11(12)13)18(16,17)14-2/h3-4,7-9,14-15H,5-6,13H2,1-2H3. The lowest BCUT2D eigenvalue weighted by Gasteiger charge is -2.34. The molecule has 5 nitrogen and oxygen atoms in total. The highest BCUT2D eigenvalue weighted by Gasteiger charge is 2.25. The minimum Gasteiger partial charge on any atom is -0.397 e. The van der Waals surface area contributed by atoms with Crippen molar-refractivity contribution in [2.45, 2.75) is 30.7 Å². The van der Waals surface area contributed by atoms with Crippen molar-refractivity contribution in [3.63, 3.8) is 0 Å². The van der Waals surface area contributed by atoms with Gasteiger partial charge in [-0.05, 0) is 44.0 Å². The molecule has 0 aliphatic heterocycles. The molecule has 0 atom stereocenters. The minimum atomic E-state index is -3.42. The predicted octanol–water partition coefficient (Wildman–Crippen LogP) is 1.39. The molecule has 6 heteroatoms. The summed E-state index contributed by atoms with van der Waals surface area (Å²) in [5.74, 6) is 0.730. The van der Waals surface area contributed by atoms with Crippen LogP contribution in [0.4, 0.5) is 11.4 Å². The predicted molar refractivity (Wildman–Crippen MR) is 72.9 cm³/mol. The van der Waals surface area contributed by atoms with E-state index in [1.807, 2.05) is 0 Å². The Bertz CT molecular complexity index is 536. The molecule has 4 N–H and O–H groups in total. The normalized spacial score (nSPS) is 23.4. The quantitative estimate of drug-likeness (QED) is 0.721. The number of nitrogens with one attached hydrogen (secondary N) is 2. The van der Waals surface area contributed by atoms with Crippen molar-refractivity contribution in [3.05, 3.63) is 18.2 Å². The van der Waals surface area contributed by atoms with Crippen LogP contribution in [0.1, 0.15) is 19.8 Å². The number of benzene rings is 1. The zero-order valence-electron chi connectivity index (χ0n) is 10.6. The van der Waals surface area contributed by atoms with Crippen molar-refractivity contribution in [2.75, 3.05) is 18.1 Å². The Morgan fingerprint density at radius 2 is 2.00 bits per heavy atom. The zero-order chi connectivity index (χ0) is 13.3. The molecule has 0 spiro atoms. The molecule has 1 saturated carbocycles. The van der Waals surface area contributed by atoms with E-state index in [4.69, 9.17) is 5.73 Å². The van der Waals surface area contributed by atoms with Crippen molar-refractivity contribution in [2.24, 2.45) is 5.92 Å². The second-order valence-electron chi connectivity index (χ2n) is 4.87. The van der Waals surface area contributed by atoms with Crippen LogP contribution in [0.2, 0.25) is 0 Å². The van der Waals surface area contributed by atoms with Crippen molar-refractivity contribution >= 4 is 21.4 Å². The number of anilines is 2. The van der Waals surface area contributed by atoms with Gasteiger partial charge in [-0.1, -0.05) is 6.92 Å². The first-order valence-corrected chi connectivity index (χ1v) is 7.50. The van der Waals surface area contributed by atoms with E-state index in [0.717, 1.165) is 18.8 Å². The molecule has 2 rings (SSSR count). The van der Waals surface area contributed by atoms with Crippen LogP contribution in [0.25, 0.3) is 0 Å². The van der Waals surface area contributed by atoms with E-state index < -0.39 is 10.0 Å². The second kappa shape index (κ2) is 4.78. The Hall–Kier alpha value is -1.27. The maximum Gasteiger partial charge on any atom is 0.240 e. The molecule has 0 unspecified atom stereocenters. The van der Waals surface area contributed by atoms with Crippen molar-refractivity contribution in [1.82, 2.24) is 4.72 Å². The minimum absolute atomic E-state index is 0.231. The van der Waals surface area contributed by atoms with E-state index in [2.05, 4.69) is 17.0 Å². The summed E-state index contributed by atoms with van der Waals surface area (Å²) in [5, 5.41) is 3.30. The zero-order valence-corrected chi connectivity index (χ0v) is 11.4. The van der Waals surface area contributed by atoms with Gasteiger partial charge in [-0.25, -0.2) is 13.1 Å². The summed E-state index contributed by atoms with van der Waals surface area (Å²) in [6.07, 6.45) is 2.20. The van der Waals surface area contributed by atoms with Crippen LogP contribution in [-0.2, 0) is 10.0 Å². The van der Waals surface area contributed by atoms with Gasteiger partial charge >= 0.3 is 0 Å². The van der Waals surface area contributed by atoms with E-state index in [1.165, 1.54) is 13.1 Å². The van der Waals surface area contributed by atoms with Crippen LogP contribution >= 0.6 is 0 Å². The fourth-order valence-corrected chi connectivity index (χ4v) is 2.94. The van der Waals surface area contributed by atoms with Gasteiger partial charge < -0.3 is 11.1 Å². The van der Waals surface area contributed by atoms with E-state index in [9.17, 15) is 8.42 Å². The Balaban J connectivity index is 2.22. The highest BCUT2D eigenvalue weighted by atomic mass is 32.2. The maximum atomic E-state index is 11.7. The average molecular weight is 269 g/mol. The van der Waals surface area contributed by atoms with Crippen molar-refractivity contribution in [3.8, 4) is 0 Å². The van der Waals surface area contributed by atoms with Crippen LogP contribution in [0, 0.1) is 5.92 Å². The molecule has 1 aliphatic carbocycles. The summed E-state index contributed by atoms with van der Waals surface area (Å²) >= 11 is 0. The highest BCUT2D eigenvalue weighted by molar-refractivity contribution is 7.89. The summed E-state index contributed by atoms with van der Waals surface area (Å²) in [4.78, 5) is 0.231. The molecular formula is C12H19N3O2S. The largest absolute Gasteiger partial charge is 0.397 e. The van der Waals surface area contributed by atoms with Crippen molar-refractivity contribution < 1.29 is 8.42 Å². The van der Waals surface area contributed by atoms with Gasteiger partial charge in [-0.3, -0.25) is 0 Å². The Labute approximate surface area is 108 Å². The smallest absolute Gasteiger partial charge is 0.240 e. The Morgan fingerprint density at radius 3 is 2.56 bits per heavy atom. The van der Waals surface area contributed by atoms with E-state index >= 15 is 0 Å². The van der Waals surface area contributed by atoms with Crippen LogP contribution in [0.15, 0.2) is 23.1 Å². The molecule has 0 radical (unpaired) electrons. The fraction of sp³-hybridized carbons (Fsp3) is 0.500. The summed E-state index contributed by atoms with van der Waals surface area (Å²) in [6.45, 7) is 2.20. The van der Waals surface area contributed by atoms with Crippen LogP contribution < -0.4 is 15.8 Å². The third-order valence-electron chi connectivity index (χ3n) is 3.34. The van der Waals surface area contributed by atoms with E-state index in [-0.39, 0.29) is 4.90 Å². The lowest BCUT2D eigenvalue weighted by atomic mass is 9.82. The third-order valence-corrected chi connectivity index (χ3v) is 4.75. The molecule has 1 aromatic carbocycles. The van der Waals surface area contributed by atoms with Gasteiger partial charge in [-0.15, -0.1) is 0 Å². The molecule has 0 bridgehead atoms. The average Bonchev–Trinajstić information content (AvgIpc) is 2.29. The molecule has 0 heterocycles. The van der Waals surface area contributed by atoms with Gasteiger partial charge in [0.1, 0.15) is 0 Å². The number of sulfonamides is 1. The summed E-state index contributed by atoms with van der Waals surface area (Å²) in [7, 11) is -2.02. The first-order chi connectivity index (χ1) is 8.42. The first kappa shape index (κ1) is 13.2. The molecule has 0 saturated heterocycles. The topological polar surface area (TPSA) is 84.2 Å². The molecule has 1 aliphatic rings. The Morgan fingerprint density at radius 1 is 1.33 bits per heavy atom. The summed E-state index contributed by atoms with van der Waals surface area (Å²) < 4.78 is 25.7. The van der Waals surface area contributed by atoms with Gasteiger partial charge in [0.2, 0.25) is 10.0 Å². The van der Waals surface area contributed by atoms with Gasteiger partial charge in [0.15, 0.2) is 0 Å². The molecule has 1 fully saturated rings.